The summed E-state index contributed by atoms with van der Waals surface area (Å²) in [6, 6.07) is 21.3. The minimum Gasteiger partial charge on any atom is -0.333 e. The summed E-state index contributed by atoms with van der Waals surface area (Å²) in [5.74, 6) is 0.465. The summed E-state index contributed by atoms with van der Waals surface area (Å²) < 4.78 is 26.0. The normalized spacial score (nSPS) is 11.7. The van der Waals surface area contributed by atoms with Crippen molar-refractivity contribution in [3.05, 3.63) is 84.1 Å². The van der Waals surface area contributed by atoms with E-state index in [9.17, 15) is 18.0 Å². The van der Waals surface area contributed by atoms with Crippen LogP contribution in [0.4, 0.5) is 21.1 Å². The summed E-state index contributed by atoms with van der Waals surface area (Å²) in [6.07, 6.45) is 0.905. The quantitative estimate of drug-likeness (QED) is 0.284. The van der Waals surface area contributed by atoms with E-state index in [0.29, 0.717) is 22.8 Å². The van der Waals surface area contributed by atoms with Crippen molar-refractivity contribution in [1.82, 2.24) is 19.8 Å². The number of hydrogen-bond acceptors (Lipinski definition) is 5. The lowest BCUT2D eigenvalue weighted by Gasteiger charge is -2.14. The minimum absolute atomic E-state index is 0.0902. The Balaban J connectivity index is 1.58. The van der Waals surface area contributed by atoms with Crippen molar-refractivity contribution in [1.29, 1.82) is 0 Å². The predicted molar refractivity (Wildman–Crippen MR) is 149 cm³/mol. The van der Waals surface area contributed by atoms with Gasteiger partial charge in [0.05, 0.1) is 23.3 Å². The van der Waals surface area contributed by atoms with Crippen LogP contribution < -0.4 is 20.7 Å². The highest BCUT2D eigenvalue weighted by molar-refractivity contribution is 7.89. The Kier molecular flexibility index (Phi) is 7.40. The molecule has 0 spiro atoms. The first kappa shape index (κ1) is 26.7. The van der Waals surface area contributed by atoms with E-state index in [1.54, 1.807) is 22.9 Å². The van der Waals surface area contributed by atoms with E-state index in [1.165, 1.54) is 0 Å². The Labute approximate surface area is 221 Å². The average Bonchev–Trinajstić information content (AvgIpc) is 3.26. The van der Waals surface area contributed by atoms with Gasteiger partial charge in [0.25, 0.3) is 0 Å². The molecule has 3 aromatic carbocycles. The lowest BCUT2D eigenvalue weighted by molar-refractivity contribution is 0.245. The summed E-state index contributed by atoms with van der Waals surface area (Å²) in [5, 5.41) is 15.0. The fourth-order valence-electron chi connectivity index (χ4n) is 3.82. The molecule has 0 bridgehead atoms. The molecule has 4 aromatic rings. The van der Waals surface area contributed by atoms with Crippen LogP contribution in [-0.2, 0) is 22.0 Å². The Morgan fingerprint density at radius 3 is 2.34 bits per heavy atom. The van der Waals surface area contributed by atoms with Gasteiger partial charge in [-0.3, -0.25) is 5.32 Å². The van der Waals surface area contributed by atoms with E-state index in [4.69, 9.17) is 5.10 Å². The number of hydrogen-bond donors (Lipinski definition) is 4. The molecule has 198 valence electrons. The van der Waals surface area contributed by atoms with Crippen molar-refractivity contribution in [3.63, 3.8) is 0 Å². The lowest BCUT2D eigenvalue weighted by Crippen LogP contribution is -2.38. The monoisotopic (exact) mass is 534 g/mol. The van der Waals surface area contributed by atoms with Crippen LogP contribution in [-0.4, -0.2) is 36.5 Å². The minimum atomic E-state index is -3.66. The van der Waals surface area contributed by atoms with Crippen LogP contribution in [0.5, 0.6) is 0 Å². The van der Waals surface area contributed by atoms with E-state index in [-0.39, 0.29) is 12.0 Å². The van der Waals surface area contributed by atoms with Crippen molar-refractivity contribution >= 4 is 44.4 Å². The van der Waals surface area contributed by atoms with Gasteiger partial charge in [0, 0.05) is 23.4 Å². The molecular weight excluding hydrogens is 504 g/mol. The number of anilines is 2. The average molecular weight is 535 g/mol. The lowest BCUT2D eigenvalue weighted by atomic mass is 9.92. The standard InChI is InChI=1S/C27H30N6O4S/c1-27(2,3)23-16-24(30-26(35)29-22-14-8-11-19-10-5-6-13-21(19)22)33(31-23)20-12-7-9-18(15-20)17-28-25(34)32-38(4,36)37/h5-16H,17H2,1-4H3,(H2,28,32,34)(H2,29,30,35). The Morgan fingerprint density at radius 1 is 0.895 bits per heavy atom. The molecular formula is C27H30N6O4S. The number of urea groups is 2. The van der Waals surface area contributed by atoms with Gasteiger partial charge in [-0.15, -0.1) is 0 Å². The van der Waals surface area contributed by atoms with Crippen molar-refractivity contribution < 1.29 is 18.0 Å². The summed E-state index contributed by atoms with van der Waals surface area (Å²) in [6.45, 7) is 6.17. The van der Waals surface area contributed by atoms with Gasteiger partial charge in [-0.1, -0.05) is 69.3 Å². The second kappa shape index (κ2) is 10.5. The third-order valence-corrected chi connectivity index (χ3v) is 6.20. The maximum absolute atomic E-state index is 13.1. The van der Waals surface area contributed by atoms with Gasteiger partial charge >= 0.3 is 12.1 Å². The molecule has 38 heavy (non-hydrogen) atoms. The molecule has 0 aliphatic heterocycles. The molecule has 0 aliphatic rings. The number of sulfonamides is 1. The van der Waals surface area contributed by atoms with Crippen LogP contribution in [0.1, 0.15) is 32.0 Å². The Morgan fingerprint density at radius 2 is 1.61 bits per heavy atom. The highest BCUT2D eigenvalue weighted by Gasteiger charge is 2.22. The fourth-order valence-corrected chi connectivity index (χ4v) is 4.23. The van der Waals surface area contributed by atoms with Crippen molar-refractivity contribution in [2.75, 3.05) is 16.9 Å². The van der Waals surface area contributed by atoms with Crippen LogP contribution in [0.15, 0.2) is 72.8 Å². The second-order valence-corrected chi connectivity index (χ2v) is 11.7. The van der Waals surface area contributed by atoms with Gasteiger partial charge in [-0.2, -0.15) is 5.10 Å². The van der Waals surface area contributed by atoms with Gasteiger partial charge in [-0.25, -0.2) is 27.4 Å². The zero-order valence-corrected chi connectivity index (χ0v) is 22.4. The fraction of sp³-hybridized carbons (Fsp3) is 0.222. The maximum atomic E-state index is 13.1. The molecule has 0 atom stereocenters. The predicted octanol–water partition coefficient (Wildman–Crippen LogP) is 4.73. The molecule has 0 unspecified atom stereocenters. The van der Waals surface area contributed by atoms with Crippen molar-refractivity contribution in [2.24, 2.45) is 0 Å². The number of carbonyl (C=O) groups is 2. The van der Waals surface area contributed by atoms with E-state index in [2.05, 4.69) is 16.0 Å². The molecule has 0 fully saturated rings. The Hall–Kier alpha value is -4.38. The van der Waals surface area contributed by atoms with Crippen molar-refractivity contribution in [2.45, 2.75) is 32.7 Å². The molecule has 10 nitrogen and oxygen atoms in total. The van der Waals surface area contributed by atoms with Crippen LogP contribution in [0.3, 0.4) is 0 Å². The van der Waals surface area contributed by atoms with E-state index < -0.39 is 22.1 Å². The van der Waals surface area contributed by atoms with Gasteiger partial charge in [0.2, 0.25) is 10.0 Å². The zero-order valence-electron chi connectivity index (χ0n) is 21.6. The Bertz CT molecular complexity index is 1600. The first-order valence-corrected chi connectivity index (χ1v) is 13.8. The van der Waals surface area contributed by atoms with Gasteiger partial charge in [0.1, 0.15) is 5.82 Å². The summed E-state index contributed by atoms with van der Waals surface area (Å²) in [4.78, 5) is 24.9. The van der Waals surface area contributed by atoms with E-state index >= 15 is 0 Å². The topological polar surface area (TPSA) is 134 Å². The molecule has 4 rings (SSSR count). The van der Waals surface area contributed by atoms with Crippen LogP contribution in [0.2, 0.25) is 0 Å². The third kappa shape index (κ3) is 6.68. The molecule has 0 saturated heterocycles. The first-order valence-electron chi connectivity index (χ1n) is 11.9. The van der Waals surface area contributed by atoms with Crippen LogP contribution in [0.25, 0.3) is 16.5 Å². The van der Waals surface area contributed by atoms with Gasteiger partial charge < -0.3 is 10.6 Å². The van der Waals surface area contributed by atoms with Crippen LogP contribution >= 0.6 is 0 Å². The molecule has 0 aliphatic carbocycles. The van der Waals surface area contributed by atoms with E-state index in [1.807, 2.05) is 80.1 Å². The van der Waals surface area contributed by atoms with Crippen molar-refractivity contribution in [3.8, 4) is 5.69 Å². The number of rotatable bonds is 6. The molecule has 0 radical (unpaired) electrons. The smallest absolute Gasteiger partial charge is 0.328 e. The number of amides is 4. The third-order valence-electron chi connectivity index (χ3n) is 5.64. The summed E-state index contributed by atoms with van der Waals surface area (Å²) >= 11 is 0. The second-order valence-electron chi connectivity index (χ2n) is 9.91. The maximum Gasteiger partial charge on any atom is 0.328 e. The highest BCUT2D eigenvalue weighted by atomic mass is 32.2. The zero-order chi connectivity index (χ0) is 27.5. The highest BCUT2D eigenvalue weighted by Crippen LogP contribution is 2.27. The number of nitrogens with zero attached hydrogens (tertiary/aromatic N) is 2. The summed E-state index contributed by atoms with van der Waals surface area (Å²) in [7, 11) is -3.66. The number of fused-ring (bicyclic) bond motifs is 1. The molecule has 1 heterocycles. The molecule has 11 heteroatoms. The molecule has 4 N–H and O–H groups in total. The van der Waals surface area contributed by atoms with Gasteiger partial charge in [0.15, 0.2) is 0 Å². The number of benzene rings is 3. The largest absolute Gasteiger partial charge is 0.333 e. The number of nitrogens with one attached hydrogen (secondary N) is 4. The van der Waals surface area contributed by atoms with E-state index in [0.717, 1.165) is 22.7 Å². The summed E-state index contributed by atoms with van der Waals surface area (Å²) in [5.41, 5.74) is 2.54. The molecule has 4 amide bonds. The number of carbonyl (C=O) groups excluding carboxylic acids is 2. The number of aromatic nitrogens is 2. The van der Waals surface area contributed by atoms with Crippen LogP contribution in [0, 0.1) is 0 Å². The molecule has 1 aromatic heterocycles. The first-order chi connectivity index (χ1) is 17.9. The molecule has 0 saturated carbocycles. The van der Waals surface area contributed by atoms with Gasteiger partial charge in [-0.05, 0) is 29.1 Å². The SMILES string of the molecule is CC(C)(C)c1cc(NC(=O)Nc2cccc3ccccc23)n(-c2cccc(CNC(=O)NS(C)(=O)=O)c2)n1.